The SMILES string of the molecule is NCC[NH][AlH2].[Cu]. The fourth-order valence-electron chi connectivity index (χ4n) is 0.144. The van der Waals surface area contributed by atoms with Crippen molar-refractivity contribution in [3.05, 3.63) is 0 Å². The molecule has 0 spiro atoms. The minimum absolute atomic E-state index is 0. The minimum atomic E-state index is 0. The zero-order valence-electron chi connectivity index (χ0n) is 3.79. The van der Waals surface area contributed by atoms with Gasteiger partial charge in [0.2, 0.25) is 0 Å². The number of hydrogen-bond acceptors (Lipinski definition) is 2. The molecule has 0 fully saturated rings. The van der Waals surface area contributed by atoms with Crippen LogP contribution in [0.15, 0.2) is 0 Å². The van der Waals surface area contributed by atoms with Gasteiger partial charge in [0, 0.05) is 23.6 Å². The van der Waals surface area contributed by atoms with E-state index in [1.54, 1.807) is 0 Å². The number of hydrogen-bond donors (Lipinski definition) is 2. The molecule has 0 bridgehead atoms. The first-order valence-corrected chi connectivity index (χ1v) is 2.76. The molecule has 0 unspecified atom stereocenters. The van der Waals surface area contributed by atoms with Crippen molar-refractivity contribution >= 4 is 16.5 Å². The monoisotopic (exact) mass is 151 g/mol. The fourth-order valence-corrected chi connectivity index (χ4v) is 0.433. The van der Waals surface area contributed by atoms with E-state index in [2.05, 4.69) is 4.30 Å². The van der Waals surface area contributed by atoms with Gasteiger partial charge in [0.1, 0.15) is 0 Å². The van der Waals surface area contributed by atoms with Crippen LogP contribution in [0.3, 0.4) is 0 Å². The summed E-state index contributed by atoms with van der Waals surface area (Å²) in [7, 11) is 0. The molecule has 0 rings (SSSR count). The Morgan fingerprint density at radius 2 is 2.17 bits per heavy atom. The van der Waals surface area contributed by atoms with Gasteiger partial charge in [-0.3, -0.25) is 0 Å². The van der Waals surface area contributed by atoms with Crippen LogP contribution < -0.4 is 10.0 Å². The topological polar surface area (TPSA) is 38.0 Å². The first kappa shape index (κ1) is 10.1. The molecule has 0 aromatic rings. The molecule has 0 atom stereocenters. The van der Waals surface area contributed by atoms with Gasteiger partial charge in [0.15, 0.2) is 0 Å². The molecule has 41 valence electrons. The summed E-state index contributed by atoms with van der Waals surface area (Å²) >= 11 is 1.07. The largest absolute Gasteiger partial charge is 0.403 e. The summed E-state index contributed by atoms with van der Waals surface area (Å²) in [5.74, 6) is 0. The Morgan fingerprint density at radius 1 is 1.67 bits per heavy atom. The molecule has 0 aliphatic rings. The summed E-state index contributed by atoms with van der Waals surface area (Å²) in [6.07, 6.45) is 0. The Labute approximate surface area is 57.0 Å². The first-order valence-electron chi connectivity index (χ1n) is 1.76. The number of nitrogens with one attached hydrogen (secondary N) is 1. The van der Waals surface area contributed by atoms with Crippen LogP contribution in [0.5, 0.6) is 0 Å². The molecule has 3 N–H and O–H groups in total. The van der Waals surface area contributed by atoms with Crippen molar-refractivity contribution in [1.29, 1.82) is 0 Å². The third-order valence-corrected chi connectivity index (χ3v) is 0.894. The minimum Gasteiger partial charge on any atom is -0.403 e. The number of rotatable bonds is 2. The van der Waals surface area contributed by atoms with Gasteiger partial charge in [0.05, 0.1) is 0 Å². The summed E-state index contributed by atoms with van der Waals surface area (Å²) in [5, 5.41) is 0. The zero-order chi connectivity index (χ0) is 4.12. The summed E-state index contributed by atoms with van der Waals surface area (Å²) in [5.41, 5.74) is 5.10. The molecule has 0 aliphatic heterocycles. The van der Waals surface area contributed by atoms with Gasteiger partial charge < -0.3 is 10.0 Å². The van der Waals surface area contributed by atoms with Crippen LogP contribution in [-0.2, 0) is 17.1 Å². The van der Waals surface area contributed by atoms with Crippen molar-refractivity contribution in [3.8, 4) is 0 Å². The molecule has 0 aliphatic carbocycles. The van der Waals surface area contributed by atoms with Gasteiger partial charge in [-0.15, -0.1) is 0 Å². The van der Waals surface area contributed by atoms with E-state index in [1.807, 2.05) is 0 Å². The predicted octanol–water partition coefficient (Wildman–Crippen LogP) is -1.92. The van der Waals surface area contributed by atoms with Crippen molar-refractivity contribution in [1.82, 2.24) is 4.30 Å². The molecule has 0 saturated heterocycles. The molecule has 0 aromatic heterocycles. The predicted molar refractivity (Wildman–Crippen MR) is 25.6 cm³/mol. The summed E-state index contributed by atoms with van der Waals surface area (Å²) in [6.45, 7) is 1.75. The van der Waals surface area contributed by atoms with Gasteiger partial charge in [-0.05, 0) is 6.54 Å². The molecule has 4 heteroatoms. The Balaban J connectivity index is 0. The molecular weight excluding hydrogens is 143 g/mol. The van der Waals surface area contributed by atoms with E-state index in [0.29, 0.717) is 0 Å². The van der Waals surface area contributed by atoms with E-state index in [9.17, 15) is 0 Å². The normalized spacial score (nSPS) is 6.83. The van der Waals surface area contributed by atoms with Gasteiger partial charge in [-0.2, -0.15) is 0 Å². The average Bonchev–Trinajstić information content (AvgIpc) is 1.41. The molecule has 0 aromatic carbocycles. The van der Waals surface area contributed by atoms with Gasteiger partial charge in [-0.1, -0.05) is 0 Å². The molecule has 2 nitrogen and oxygen atoms in total. The summed E-state index contributed by atoms with van der Waals surface area (Å²) in [6, 6.07) is 0. The Kier molecular flexibility index (Phi) is 15.7. The Morgan fingerprint density at radius 3 is 2.17 bits per heavy atom. The smallest absolute Gasteiger partial charge is 0.318 e. The van der Waals surface area contributed by atoms with Gasteiger partial charge >= 0.3 is 16.5 Å². The summed E-state index contributed by atoms with van der Waals surface area (Å²) in [4.78, 5) is 0. The summed E-state index contributed by atoms with van der Waals surface area (Å²) < 4.78 is 3.03. The molecular formula is C2H9AlCuN2. The third kappa shape index (κ3) is 8.88. The third-order valence-electron chi connectivity index (χ3n) is 0.394. The van der Waals surface area contributed by atoms with Crippen LogP contribution in [0.1, 0.15) is 0 Å². The van der Waals surface area contributed by atoms with E-state index in [1.165, 1.54) is 0 Å². The molecule has 0 saturated carbocycles. The molecule has 6 heavy (non-hydrogen) atoms. The van der Waals surface area contributed by atoms with Gasteiger partial charge in [-0.25, -0.2) is 0 Å². The van der Waals surface area contributed by atoms with Crippen molar-refractivity contribution < 1.29 is 17.1 Å². The van der Waals surface area contributed by atoms with E-state index >= 15 is 0 Å². The van der Waals surface area contributed by atoms with Crippen LogP contribution in [-0.4, -0.2) is 29.6 Å². The Bertz CT molecular complexity index is 19.0. The van der Waals surface area contributed by atoms with Crippen LogP contribution in [0.2, 0.25) is 0 Å². The molecule has 0 heterocycles. The Hall–Kier alpha value is 0.972. The van der Waals surface area contributed by atoms with Crippen molar-refractivity contribution in [2.24, 2.45) is 5.73 Å². The molecule has 0 amide bonds. The number of nitrogens with two attached hydrogens (primary N) is 1. The second-order valence-corrected chi connectivity index (χ2v) is 1.60. The van der Waals surface area contributed by atoms with Crippen molar-refractivity contribution in [2.75, 3.05) is 13.1 Å². The van der Waals surface area contributed by atoms with Crippen molar-refractivity contribution in [3.63, 3.8) is 0 Å². The van der Waals surface area contributed by atoms with E-state index in [4.69, 9.17) is 5.73 Å². The van der Waals surface area contributed by atoms with E-state index in [0.717, 1.165) is 29.6 Å². The average molecular weight is 152 g/mol. The second kappa shape index (κ2) is 9.36. The second-order valence-electron chi connectivity index (χ2n) is 0.892. The van der Waals surface area contributed by atoms with E-state index in [-0.39, 0.29) is 17.1 Å². The molecule has 1 radical (unpaired) electrons. The standard InChI is InChI=1S/C2H7N2.Al.Cu.2H/c3-1-2-4;;;;/h3H,1-2,4H2;;;;/q-1;+1;;;. The van der Waals surface area contributed by atoms with Crippen LogP contribution in [0.4, 0.5) is 0 Å². The fraction of sp³-hybridized carbons (Fsp3) is 1.00. The first-order chi connectivity index (χ1) is 2.41. The quantitative estimate of drug-likeness (QED) is 0.452. The van der Waals surface area contributed by atoms with Crippen LogP contribution >= 0.6 is 0 Å². The maximum absolute atomic E-state index is 5.10. The van der Waals surface area contributed by atoms with E-state index < -0.39 is 0 Å². The zero-order valence-corrected chi connectivity index (χ0v) is 6.73. The van der Waals surface area contributed by atoms with Crippen molar-refractivity contribution in [2.45, 2.75) is 0 Å². The maximum Gasteiger partial charge on any atom is 0.318 e. The van der Waals surface area contributed by atoms with Crippen LogP contribution in [0.25, 0.3) is 0 Å². The van der Waals surface area contributed by atoms with Crippen LogP contribution in [0, 0.1) is 0 Å². The maximum atomic E-state index is 5.10. The van der Waals surface area contributed by atoms with Gasteiger partial charge in [0.25, 0.3) is 0 Å².